The zero-order valence-corrected chi connectivity index (χ0v) is 17.0. The van der Waals surface area contributed by atoms with E-state index in [1.54, 1.807) is 16.8 Å². The lowest BCUT2D eigenvalue weighted by molar-refractivity contribution is -0.126. The van der Waals surface area contributed by atoms with E-state index in [-0.39, 0.29) is 30.2 Å². The molecule has 160 valence electrons. The highest BCUT2D eigenvalue weighted by Crippen LogP contribution is 2.40. The Balaban J connectivity index is 1.49. The van der Waals surface area contributed by atoms with Crippen LogP contribution in [0.5, 0.6) is 5.75 Å². The number of aromatic nitrogens is 2. The Morgan fingerprint density at radius 3 is 2.83 bits per heavy atom. The molecule has 1 aromatic carbocycles. The summed E-state index contributed by atoms with van der Waals surface area (Å²) in [4.78, 5) is 24.7. The Kier molecular flexibility index (Phi) is 5.72. The molecule has 1 aliphatic carbocycles. The molecule has 30 heavy (non-hydrogen) atoms. The van der Waals surface area contributed by atoms with Crippen LogP contribution < -0.4 is 20.7 Å². The predicted octanol–water partition coefficient (Wildman–Crippen LogP) is 2.51. The average Bonchev–Trinajstić information content (AvgIpc) is 3.47. The van der Waals surface area contributed by atoms with Gasteiger partial charge >= 0.3 is 0 Å². The molecule has 2 amide bonds. The van der Waals surface area contributed by atoms with Gasteiger partial charge in [-0.2, -0.15) is 5.10 Å². The van der Waals surface area contributed by atoms with Crippen molar-refractivity contribution in [2.24, 2.45) is 5.92 Å². The molecule has 9 heteroatoms. The van der Waals surface area contributed by atoms with E-state index < -0.39 is 18.0 Å². The fraction of sp³-hybridized carbons (Fsp3) is 0.476. The highest BCUT2D eigenvalue weighted by Gasteiger charge is 2.33. The average molecular weight is 415 g/mol. The number of hydrogen-bond acceptors (Lipinski definition) is 5. The van der Waals surface area contributed by atoms with Crippen LogP contribution in [0.25, 0.3) is 0 Å². The second-order valence-corrected chi connectivity index (χ2v) is 8.13. The molecule has 0 bridgehead atoms. The fourth-order valence-corrected chi connectivity index (χ4v) is 3.44. The third-order valence-electron chi connectivity index (χ3n) is 5.34. The van der Waals surface area contributed by atoms with Crippen molar-refractivity contribution >= 4 is 17.6 Å². The first-order chi connectivity index (χ1) is 14.4. The smallest absolute Gasteiger partial charge is 0.263 e. The van der Waals surface area contributed by atoms with E-state index in [2.05, 4.69) is 34.9 Å². The third kappa shape index (κ3) is 4.62. The summed E-state index contributed by atoms with van der Waals surface area (Å²) in [5, 5.41) is 13.7. The van der Waals surface area contributed by atoms with Gasteiger partial charge in [-0.25, -0.2) is 9.07 Å². The molecule has 1 aromatic heterocycles. The van der Waals surface area contributed by atoms with Crippen molar-refractivity contribution in [1.82, 2.24) is 20.4 Å². The van der Waals surface area contributed by atoms with Gasteiger partial charge in [0.25, 0.3) is 5.91 Å². The van der Waals surface area contributed by atoms with E-state index in [0.29, 0.717) is 18.2 Å². The van der Waals surface area contributed by atoms with Crippen LogP contribution in [0, 0.1) is 11.7 Å². The zero-order chi connectivity index (χ0) is 21.3. The lowest BCUT2D eigenvalue weighted by atomic mass is 9.99. The third-order valence-corrected chi connectivity index (χ3v) is 5.34. The van der Waals surface area contributed by atoms with Gasteiger partial charge in [0.1, 0.15) is 5.82 Å². The Bertz CT molecular complexity index is 940. The number of benzene rings is 1. The van der Waals surface area contributed by atoms with Gasteiger partial charge in [-0.05, 0) is 30.9 Å². The summed E-state index contributed by atoms with van der Waals surface area (Å²) in [6.45, 7) is 3.76. The Hall–Kier alpha value is -2.94. The maximum Gasteiger partial charge on any atom is 0.263 e. The van der Waals surface area contributed by atoms with Crippen LogP contribution in [0.3, 0.4) is 0 Å². The summed E-state index contributed by atoms with van der Waals surface area (Å²) in [5.41, 5.74) is 0.878. The summed E-state index contributed by atoms with van der Waals surface area (Å²) in [5.74, 6) is 0.0774. The minimum atomic E-state index is -0.561. The van der Waals surface area contributed by atoms with Gasteiger partial charge in [-0.1, -0.05) is 26.0 Å². The molecule has 1 aliphatic heterocycles. The highest BCUT2D eigenvalue weighted by atomic mass is 19.1. The van der Waals surface area contributed by atoms with E-state index in [0.717, 1.165) is 18.5 Å². The number of nitrogens with zero attached hydrogens (tertiary/aromatic N) is 2. The van der Waals surface area contributed by atoms with Gasteiger partial charge in [0.05, 0.1) is 5.69 Å². The largest absolute Gasteiger partial charge is 0.481 e. The molecule has 1 saturated heterocycles. The van der Waals surface area contributed by atoms with Crippen molar-refractivity contribution in [3.63, 3.8) is 0 Å². The van der Waals surface area contributed by atoms with E-state index in [9.17, 15) is 14.0 Å². The normalized spacial score (nSPS) is 21.4. The molecule has 2 unspecified atom stereocenters. The SMILES string of the molecule is CC(C)C1CC(=O)NC(n2nc(C3CC3)cc2NC(=O)COc2ccccc2F)N1. The van der Waals surface area contributed by atoms with Gasteiger partial charge in [0, 0.05) is 24.4 Å². The first kappa shape index (κ1) is 20.3. The first-order valence-corrected chi connectivity index (χ1v) is 10.2. The number of rotatable bonds is 7. The molecule has 0 spiro atoms. The number of nitrogens with one attached hydrogen (secondary N) is 3. The van der Waals surface area contributed by atoms with Crippen LogP contribution >= 0.6 is 0 Å². The summed E-state index contributed by atoms with van der Waals surface area (Å²) >= 11 is 0. The Morgan fingerprint density at radius 2 is 2.13 bits per heavy atom. The monoisotopic (exact) mass is 415 g/mol. The molecule has 1 saturated carbocycles. The zero-order valence-electron chi connectivity index (χ0n) is 17.0. The Labute approximate surface area is 174 Å². The molecular formula is C21H26FN5O3. The van der Waals surface area contributed by atoms with Crippen LogP contribution in [0.15, 0.2) is 30.3 Å². The van der Waals surface area contributed by atoms with Crippen molar-refractivity contribution in [3.8, 4) is 5.75 Å². The second-order valence-electron chi connectivity index (χ2n) is 8.13. The van der Waals surface area contributed by atoms with E-state index in [4.69, 9.17) is 4.74 Å². The molecule has 3 N–H and O–H groups in total. The molecule has 2 atom stereocenters. The standard InChI is InChI=1S/C21H26FN5O3/c1-12(2)15-10-19(28)25-21(23-15)27-18(9-16(26-27)13-7-8-13)24-20(29)11-30-17-6-4-3-5-14(17)22/h3-6,9,12-13,15,21,23H,7-8,10-11H2,1-2H3,(H,24,29)(H,25,28). The van der Waals surface area contributed by atoms with Gasteiger partial charge in [-0.15, -0.1) is 0 Å². The molecular weight excluding hydrogens is 389 g/mol. The van der Waals surface area contributed by atoms with Crippen molar-refractivity contribution in [2.75, 3.05) is 11.9 Å². The summed E-state index contributed by atoms with van der Waals surface area (Å²) in [6.07, 6.45) is 1.94. The lowest BCUT2D eigenvalue weighted by Crippen LogP contribution is -2.55. The molecule has 0 radical (unpaired) electrons. The molecule has 2 fully saturated rings. The molecule has 8 nitrogen and oxygen atoms in total. The maximum absolute atomic E-state index is 13.7. The summed E-state index contributed by atoms with van der Waals surface area (Å²) in [6, 6.07) is 7.75. The van der Waals surface area contributed by atoms with Crippen molar-refractivity contribution in [3.05, 3.63) is 41.8 Å². The van der Waals surface area contributed by atoms with Gasteiger partial charge in [-0.3, -0.25) is 14.9 Å². The van der Waals surface area contributed by atoms with Crippen LogP contribution in [0.4, 0.5) is 10.2 Å². The van der Waals surface area contributed by atoms with Gasteiger partial charge < -0.3 is 15.4 Å². The van der Waals surface area contributed by atoms with Gasteiger partial charge in [0.15, 0.2) is 24.5 Å². The number of ether oxygens (including phenoxy) is 1. The molecule has 2 heterocycles. The Morgan fingerprint density at radius 1 is 1.37 bits per heavy atom. The topological polar surface area (TPSA) is 97.3 Å². The van der Waals surface area contributed by atoms with Crippen LogP contribution in [0.1, 0.15) is 51.0 Å². The number of para-hydroxylation sites is 1. The van der Waals surface area contributed by atoms with E-state index in [1.807, 2.05) is 6.07 Å². The number of anilines is 1. The number of hydrogen-bond donors (Lipinski definition) is 3. The fourth-order valence-electron chi connectivity index (χ4n) is 3.44. The minimum Gasteiger partial charge on any atom is -0.481 e. The van der Waals surface area contributed by atoms with Crippen LogP contribution in [0.2, 0.25) is 0 Å². The second kappa shape index (κ2) is 8.43. The summed E-state index contributed by atoms with van der Waals surface area (Å²) in [7, 11) is 0. The van der Waals surface area contributed by atoms with Crippen LogP contribution in [-0.2, 0) is 9.59 Å². The number of halogens is 1. The molecule has 4 rings (SSSR count). The molecule has 2 aliphatic rings. The quantitative estimate of drug-likeness (QED) is 0.646. The van der Waals surface area contributed by atoms with Crippen molar-refractivity contribution in [1.29, 1.82) is 0 Å². The number of carbonyl (C=O) groups excluding carboxylic acids is 2. The first-order valence-electron chi connectivity index (χ1n) is 10.2. The lowest BCUT2D eigenvalue weighted by Gasteiger charge is -2.34. The van der Waals surface area contributed by atoms with Crippen molar-refractivity contribution < 1.29 is 18.7 Å². The molecule has 2 aromatic rings. The van der Waals surface area contributed by atoms with Gasteiger partial charge in [0.2, 0.25) is 5.91 Å². The van der Waals surface area contributed by atoms with Crippen molar-refractivity contribution in [2.45, 2.75) is 51.4 Å². The number of amides is 2. The summed E-state index contributed by atoms with van der Waals surface area (Å²) < 4.78 is 20.6. The van der Waals surface area contributed by atoms with E-state index in [1.165, 1.54) is 12.1 Å². The maximum atomic E-state index is 13.7. The number of carbonyl (C=O) groups is 2. The van der Waals surface area contributed by atoms with Crippen LogP contribution in [-0.4, -0.2) is 34.2 Å². The minimum absolute atomic E-state index is 0.00488. The predicted molar refractivity (Wildman–Crippen MR) is 108 cm³/mol. The highest BCUT2D eigenvalue weighted by molar-refractivity contribution is 5.91. The van der Waals surface area contributed by atoms with E-state index >= 15 is 0 Å².